The van der Waals surface area contributed by atoms with Crippen LogP contribution in [0.2, 0.25) is 0 Å². The molecule has 1 aliphatic rings. The monoisotopic (exact) mass is 234 g/mol. The lowest BCUT2D eigenvalue weighted by Crippen LogP contribution is -2.29. The molecule has 0 amide bonds. The summed E-state index contributed by atoms with van der Waals surface area (Å²) in [7, 11) is 1.97. The summed E-state index contributed by atoms with van der Waals surface area (Å²) in [5.74, 6) is 1.43. The maximum atomic E-state index is 4.53. The first-order valence-electron chi connectivity index (χ1n) is 6.93. The summed E-state index contributed by atoms with van der Waals surface area (Å²) in [6, 6.07) is 0. The second-order valence-electron chi connectivity index (χ2n) is 6.03. The Morgan fingerprint density at radius 2 is 1.88 bits per heavy atom. The summed E-state index contributed by atoms with van der Waals surface area (Å²) in [5.41, 5.74) is 1.80. The third kappa shape index (κ3) is 4.67. The molecule has 0 radical (unpaired) electrons. The maximum Gasteiger partial charge on any atom is -0.0204 e. The zero-order chi connectivity index (χ0) is 12.9. The fraction of sp³-hybridized carbons (Fsp3) is 0.750. The van der Waals surface area contributed by atoms with Gasteiger partial charge >= 0.3 is 0 Å². The molecule has 0 heterocycles. The van der Waals surface area contributed by atoms with Gasteiger partial charge in [-0.3, -0.25) is 0 Å². The SMILES string of the molecule is C[N-]C1(C)CCC(/C(C)=C/C=C\C(C)C)CC1. The van der Waals surface area contributed by atoms with Crippen molar-refractivity contribution in [3.8, 4) is 0 Å². The van der Waals surface area contributed by atoms with Gasteiger partial charge in [-0.05, 0) is 31.6 Å². The largest absolute Gasteiger partial charge is 0.660 e. The molecule has 1 fully saturated rings. The number of hydrogen-bond donors (Lipinski definition) is 0. The molecular formula is C16H28N-. The number of hydrogen-bond acceptors (Lipinski definition) is 0. The predicted molar refractivity (Wildman–Crippen MR) is 77.4 cm³/mol. The summed E-state index contributed by atoms with van der Waals surface area (Å²) >= 11 is 0. The molecule has 0 bridgehead atoms. The van der Waals surface area contributed by atoms with E-state index in [0.717, 1.165) is 5.92 Å². The quantitative estimate of drug-likeness (QED) is 0.601. The fourth-order valence-corrected chi connectivity index (χ4v) is 2.48. The van der Waals surface area contributed by atoms with E-state index in [0.29, 0.717) is 5.92 Å². The standard InChI is InChI=1S/C16H28N/c1-13(2)7-6-8-14(3)15-9-11-16(4,17-5)12-10-15/h6-8,13,15H,9-12H2,1-5H3/q-1/b7-6-,14-8+. The van der Waals surface area contributed by atoms with E-state index < -0.39 is 0 Å². The molecule has 0 spiro atoms. The molecule has 0 atom stereocenters. The summed E-state index contributed by atoms with van der Waals surface area (Å²) in [6.45, 7) is 9.00. The van der Waals surface area contributed by atoms with Crippen LogP contribution in [0.4, 0.5) is 0 Å². The smallest absolute Gasteiger partial charge is 0.0204 e. The first-order chi connectivity index (χ1) is 7.97. The third-order valence-corrected chi connectivity index (χ3v) is 4.10. The number of allylic oxidation sites excluding steroid dienone is 4. The van der Waals surface area contributed by atoms with Gasteiger partial charge in [0.2, 0.25) is 0 Å². The maximum absolute atomic E-state index is 4.53. The van der Waals surface area contributed by atoms with Crippen LogP contribution in [0.1, 0.15) is 53.4 Å². The van der Waals surface area contributed by atoms with Gasteiger partial charge in [-0.15, -0.1) is 5.54 Å². The first-order valence-corrected chi connectivity index (χ1v) is 6.93. The molecule has 1 heteroatoms. The van der Waals surface area contributed by atoms with Crippen LogP contribution >= 0.6 is 0 Å². The van der Waals surface area contributed by atoms with Crippen molar-refractivity contribution in [2.75, 3.05) is 7.05 Å². The molecule has 0 aliphatic heterocycles. The van der Waals surface area contributed by atoms with E-state index in [1.165, 1.54) is 25.7 Å². The van der Waals surface area contributed by atoms with Crippen LogP contribution < -0.4 is 0 Å². The van der Waals surface area contributed by atoms with Crippen LogP contribution in [-0.2, 0) is 0 Å². The molecule has 17 heavy (non-hydrogen) atoms. The van der Waals surface area contributed by atoms with E-state index >= 15 is 0 Å². The van der Waals surface area contributed by atoms with E-state index in [-0.39, 0.29) is 5.54 Å². The van der Waals surface area contributed by atoms with Gasteiger partial charge in [-0.1, -0.05) is 57.4 Å². The molecule has 0 N–H and O–H groups in total. The van der Waals surface area contributed by atoms with Crippen molar-refractivity contribution in [3.05, 3.63) is 29.1 Å². The minimum Gasteiger partial charge on any atom is -0.660 e. The van der Waals surface area contributed by atoms with Gasteiger partial charge in [-0.25, -0.2) is 0 Å². The van der Waals surface area contributed by atoms with Gasteiger partial charge in [0.15, 0.2) is 0 Å². The van der Waals surface area contributed by atoms with Gasteiger partial charge in [0.1, 0.15) is 0 Å². The minimum absolute atomic E-state index is 0.255. The highest BCUT2D eigenvalue weighted by Gasteiger charge is 2.23. The number of rotatable bonds is 4. The normalized spacial score (nSPS) is 31.4. The van der Waals surface area contributed by atoms with Crippen LogP contribution in [0.25, 0.3) is 5.32 Å². The Balaban J connectivity index is 2.48. The predicted octanol–water partition coefficient (Wildman–Crippen LogP) is 5.10. The molecule has 0 unspecified atom stereocenters. The molecule has 1 saturated carbocycles. The Kier molecular flexibility index (Phi) is 5.45. The molecule has 1 aliphatic carbocycles. The van der Waals surface area contributed by atoms with Crippen molar-refractivity contribution in [2.24, 2.45) is 11.8 Å². The van der Waals surface area contributed by atoms with Crippen LogP contribution in [0.15, 0.2) is 23.8 Å². The lowest BCUT2D eigenvalue weighted by molar-refractivity contribution is 0.303. The minimum atomic E-state index is 0.255. The lowest BCUT2D eigenvalue weighted by atomic mass is 9.75. The van der Waals surface area contributed by atoms with Crippen molar-refractivity contribution < 1.29 is 0 Å². The van der Waals surface area contributed by atoms with Crippen molar-refractivity contribution >= 4 is 0 Å². The van der Waals surface area contributed by atoms with Gasteiger partial charge in [0, 0.05) is 0 Å². The van der Waals surface area contributed by atoms with Gasteiger partial charge < -0.3 is 5.32 Å². The average molecular weight is 234 g/mol. The summed E-state index contributed by atoms with van der Waals surface area (Å²) < 4.78 is 0. The zero-order valence-corrected chi connectivity index (χ0v) is 12.2. The van der Waals surface area contributed by atoms with Gasteiger partial charge in [0.05, 0.1) is 0 Å². The average Bonchev–Trinajstić information content (AvgIpc) is 2.29. The van der Waals surface area contributed by atoms with Crippen molar-refractivity contribution in [2.45, 2.75) is 58.9 Å². The highest BCUT2D eigenvalue weighted by molar-refractivity contribution is 5.16. The first kappa shape index (κ1) is 14.5. The highest BCUT2D eigenvalue weighted by atomic mass is 14.9. The lowest BCUT2D eigenvalue weighted by Gasteiger charge is -2.47. The van der Waals surface area contributed by atoms with E-state index in [1.807, 2.05) is 7.05 Å². The second kappa shape index (κ2) is 6.39. The summed E-state index contributed by atoms with van der Waals surface area (Å²) in [6.07, 6.45) is 11.9. The summed E-state index contributed by atoms with van der Waals surface area (Å²) in [4.78, 5) is 0. The Morgan fingerprint density at radius 1 is 1.29 bits per heavy atom. The van der Waals surface area contributed by atoms with Crippen LogP contribution in [0.5, 0.6) is 0 Å². The van der Waals surface area contributed by atoms with Crippen molar-refractivity contribution in [1.82, 2.24) is 0 Å². The highest BCUT2D eigenvalue weighted by Crippen LogP contribution is 2.39. The second-order valence-corrected chi connectivity index (χ2v) is 6.03. The molecule has 98 valence electrons. The molecule has 0 aromatic carbocycles. The molecule has 1 nitrogen and oxygen atoms in total. The Morgan fingerprint density at radius 3 is 2.35 bits per heavy atom. The van der Waals surface area contributed by atoms with Crippen molar-refractivity contribution in [1.29, 1.82) is 0 Å². The van der Waals surface area contributed by atoms with Crippen LogP contribution in [-0.4, -0.2) is 12.6 Å². The molecule has 0 saturated heterocycles. The zero-order valence-electron chi connectivity index (χ0n) is 12.2. The molecular weight excluding hydrogens is 206 g/mol. The topological polar surface area (TPSA) is 14.1 Å². The van der Waals surface area contributed by atoms with Crippen LogP contribution in [0.3, 0.4) is 0 Å². The summed E-state index contributed by atoms with van der Waals surface area (Å²) in [5, 5.41) is 4.53. The van der Waals surface area contributed by atoms with Gasteiger partial charge in [0.25, 0.3) is 0 Å². The fourth-order valence-electron chi connectivity index (χ4n) is 2.48. The van der Waals surface area contributed by atoms with E-state index in [1.54, 1.807) is 5.57 Å². The molecule has 0 aromatic heterocycles. The van der Waals surface area contributed by atoms with Crippen LogP contribution in [0, 0.1) is 11.8 Å². The molecule has 1 rings (SSSR count). The Labute approximate surface area is 107 Å². The third-order valence-electron chi connectivity index (χ3n) is 4.10. The van der Waals surface area contributed by atoms with E-state index in [2.05, 4.69) is 51.2 Å². The van der Waals surface area contributed by atoms with E-state index in [4.69, 9.17) is 0 Å². The molecule has 0 aromatic rings. The van der Waals surface area contributed by atoms with Crippen molar-refractivity contribution in [3.63, 3.8) is 0 Å². The van der Waals surface area contributed by atoms with Gasteiger partial charge in [-0.2, -0.15) is 7.05 Å². The number of nitrogens with zero attached hydrogens (tertiary/aromatic N) is 1. The Hall–Kier alpha value is -0.560. The van der Waals surface area contributed by atoms with E-state index in [9.17, 15) is 0 Å². The Bertz CT molecular complexity index is 278.